The molecule has 0 bridgehead atoms. The van der Waals surface area contributed by atoms with Crippen molar-refractivity contribution in [1.29, 1.82) is 0 Å². The lowest BCUT2D eigenvalue weighted by molar-refractivity contribution is -0.139. The van der Waals surface area contributed by atoms with Crippen molar-refractivity contribution in [1.82, 2.24) is 14.4 Å². The molecule has 3 heterocycles. The van der Waals surface area contributed by atoms with Gasteiger partial charge in [0, 0.05) is 74.8 Å². The van der Waals surface area contributed by atoms with Crippen LogP contribution < -0.4 is 0 Å². The van der Waals surface area contributed by atoms with E-state index < -0.39 is 0 Å². The molecule has 1 aromatic carbocycles. The van der Waals surface area contributed by atoms with Crippen molar-refractivity contribution in [2.45, 2.75) is 25.7 Å². The molecule has 2 aliphatic heterocycles. The first-order valence-electron chi connectivity index (χ1n) is 10.1. The second-order valence-electron chi connectivity index (χ2n) is 8.30. The molecule has 2 fully saturated rings. The molecule has 0 aliphatic carbocycles. The van der Waals surface area contributed by atoms with Gasteiger partial charge >= 0.3 is 0 Å². The number of carbonyl (C=O) groups is 2. The first-order valence-corrected chi connectivity index (χ1v) is 10.1. The third-order valence-electron chi connectivity index (χ3n) is 6.42. The standard InChI is InChI=1S/C22H29N3O3/c1-23-12-8-17-18(5-3-6-19(17)23)21(27)25-11-4-9-22(16-25)10-7-20(26)24(15-22)13-14-28-2/h3,5-6,8,12H,4,7,9-11,13-16H2,1-2H3. The van der Waals surface area contributed by atoms with E-state index in [1.54, 1.807) is 7.11 Å². The molecule has 4 rings (SSSR count). The molecule has 1 atom stereocenters. The third-order valence-corrected chi connectivity index (χ3v) is 6.42. The smallest absolute Gasteiger partial charge is 0.254 e. The van der Waals surface area contributed by atoms with Crippen LogP contribution in [0, 0.1) is 5.41 Å². The lowest BCUT2D eigenvalue weighted by Crippen LogP contribution is -2.55. The average molecular weight is 383 g/mol. The Hall–Kier alpha value is -2.34. The number of fused-ring (bicyclic) bond motifs is 1. The molecule has 150 valence electrons. The van der Waals surface area contributed by atoms with Gasteiger partial charge in [0.2, 0.25) is 5.91 Å². The van der Waals surface area contributed by atoms with Gasteiger partial charge in [-0.05, 0) is 37.5 Å². The van der Waals surface area contributed by atoms with E-state index in [4.69, 9.17) is 4.74 Å². The summed E-state index contributed by atoms with van der Waals surface area (Å²) in [5.74, 6) is 0.316. The van der Waals surface area contributed by atoms with E-state index in [0.29, 0.717) is 19.6 Å². The van der Waals surface area contributed by atoms with Crippen LogP contribution in [0.4, 0.5) is 0 Å². The van der Waals surface area contributed by atoms with Crippen LogP contribution in [0.1, 0.15) is 36.0 Å². The zero-order valence-electron chi connectivity index (χ0n) is 16.8. The summed E-state index contributed by atoms with van der Waals surface area (Å²) in [5, 5.41) is 1.01. The second-order valence-corrected chi connectivity index (χ2v) is 8.30. The highest BCUT2D eigenvalue weighted by molar-refractivity contribution is 6.06. The number of amides is 2. The minimum atomic E-state index is 0.0140. The Morgan fingerprint density at radius 3 is 2.89 bits per heavy atom. The van der Waals surface area contributed by atoms with Gasteiger partial charge in [-0.1, -0.05) is 6.07 Å². The fourth-order valence-corrected chi connectivity index (χ4v) is 4.88. The van der Waals surface area contributed by atoms with Gasteiger partial charge in [0.05, 0.1) is 6.61 Å². The van der Waals surface area contributed by atoms with E-state index in [1.165, 1.54) is 0 Å². The molecule has 0 N–H and O–H groups in total. The van der Waals surface area contributed by atoms with E-state index in [2.05, 4.69) is 0 Å². The van der Waals surface area contributed by atoms with Crippen LogP contribution in [0.3, 0.4) is 0 Å². The quantitative estimate of drug-likeness (QED) is 0.816. The fourth-order valence-electron chi connectivity index (χ4n) is 4.88. The summed E-state index contributed by atoms with van der Waals surface area (Å²) in [4.78, 5) is 29.6. The maximum atomic E-state index is 13.4. The molecule has 6 heteroatoms. The summed E-state index contributed by atoms with van der Waals surface area (Å²) in [7, 11) is 3.66. The van der Waals surface area contributed by atoms with Crippen molar-refractivity contribution in [2.75, 3.05) is 39.9 Å². The molecular weight excluding hydrogens is 354 g/mol. The largest absolute Gasteiger partial charge is 0.383 e. The van der Waals surface area contributed by atoms with E-state index in [-0.39, 0.29) is 17.2 Å². The van der Waals surface area contributed by atoms with Crippen molar-refractivity contribution >= 4 is 22.7 Å². The highest BCUT2D eigenvalue weighted by atomic mass is 16.5. The van der Waals surface area contributed by atoms with Crippen LogP contribution in [0.5, 0.6) is 0 Å². The SMILES string of the molecule is COCCN1CC2(CCCN(C(=O)c3cccc4c3ccn4C)C2)CCC1=O. The van der Waals surface area contributed by atoms with Crippen molar-refractivity contribution in [3.8, 4) is 0 Å². The number of nitrogens with zero attached hydrogens (tertiary/aromatic N) is 3. The van der Waals surface area contributed by atoms with Gasteiger partial charge in [0.15, 0.2) is 0 Å². The molecule has 2 aliphatic rings. The van der Waals surface area contributed by atoms with Crippen molar-refractivity contribution in [2.24, 2.45) is 12.5 Å². The van der Waals surface area contributed by atoms with Crippen LogP contribution in [-0.2, 0) is 16.6 Å². The number of ether oxygens (including phenoxy) is 1. The van der Waals surface area contributed by atoms with Crippen molar-refractivity contribution in [3.63, 3.8) is 0 Å². The number of benzene rings is 1. The molecule has 0 saturated carbocycles. The number of likely N-dealkylation sites (tertiary alicyclic amines) is 2. The second kappa shape index (κ2) is 7.59. The van der Waals surface area contributed by atoms with E-state index in [0.717, 1.165) is 55.4 Å². The predicted molar refractivity (Wildman–Crippen MR) is 108 cm³/mol. The average Bonchev–Trinajstić information content (AvgIpc) is 3.10. The Balaban J connectivity index is 1.54. The maximum absolute atomic E-state index is 13.4. The number of methoxy groups -OCH3 is 1. The molecule has 1 unspecified atom stereocenters. The first kappa shape index (κ1) is 19.0. The van der Waals surface area contributed by atoms with Crippen LogP contribution >= 0.6 is 0 Å². The lowest BCUT2D eigenvalue weighted by atomic mass is 9.73. The maximum Gasteiger partial charge on any atom is 0.254 e. The van der Waals surface area contributed by atoms with Gasteiger partial charge in [0.1, 0.15) is 0 Å². The molecule has 0 radical (unpaired) electrons. The van der Waals surface area contributed by atoms with Crippen LogP contribution in [0.15, 0.2) is 30.5 Å². The summed E-state index contributed by atoms with van der Waals surface area (Å²) >= 11 is 0. The van der Waals surface area contributed by atoms with E-state index in [9.17, 15) is 9.59 Å². The zero-order chi connectivity index (χ0) is 19.7. The number of hydrogen-bond acceptors (Lipinski definition) is 3. The summed E-state index contributed by atoms with van der Waals surface area (Å²) in [6.07, 6.45) is 5.50. The van der Waals surface area contributed by atoms with Crippen LogP contribution in [-0.4, -0.2) is 66.1 Å². The Labute approximate surface area is 166 Å². The van der Waals surface area contributed by atoms with Crippen LogP contribution in [0.2, 0.25) is 0 Å². The summed E-state index contributed by atoms with van der Waals surface area (Å²) < 4.78 is 7.21. The summed E-state index contributed by atoms with van der Waals surface area (Å²) in [6.45, 7) is 3.44. The van der Waals surface area contributed by atoms with Crippen LogP contribution in [0.25, 0.3) is 10.9 Å². The van der Waals surface area contributed by atoms with Gasteiger partial charge in [-0.25, -0.2) is 0 Å². The number of rotatable bonds is 4. The lowest BCUT2D eigenvalue weighted by Gasteiger charge is -2.48. The van der Waals surface area contributed by atoms with E-state index in [1.807, 2.05) is 51.9 Å². The third kappa shape index (κ3) is 3.41. The van der Waals surface area contributed by atoms with Gasteiger partial charge in [-0.2, -0.15) is 0 Å². The zero-order valence-corrected chi connectivity index (χ0v) is 16.8. The molecule has 1 spiro atoms. The molecule has 2 amide bonds. The Morgan fingerprint density at radius 2 is 2.07 bits per heavy atom. The molecule has 28 heavy (non-hydrogen) atoms. The summed E-state index contributed by atoms with van der Waals surface area (Å²) in [5.41, 5.74) is 1.87. The summed E-state index contributed by atoms with van der Waals surface area (Å²) in [6, 6.07) is 7.96. The first-order chi connectivity index (χ1) is 13.5. The Kier molecular flexibility index (Phi) is 5.15. The molecule has 6 nitrogen and oxygen atoms in total. The van der Waals surface area contributed by atoms with Crippen molar-refractivity contribution in [3.05, 3.63) is 36.0 Å². The fraction of sp³-hybridized carbons (Fsp3) is 0.545. The molecule has 2 aromatic rings. The van der Waals surface area contributed by atoms with E-state index >= 15 is 0 Å². The van der Waals surface area contributed by atoms with Gasteiger partial charge in [-0.15, -0.1) is 0 Å². The van der Waals surface area contributed by atoms with Gasteiger partial charge in [-0.3, -0.25) is 9.59 Å². The minimum Gasteiger partial charge on any atom is -0.383 e. The number of aryl methyl sites for hydroxylation is 1. The number of aromatic nitrogens is 1. The van der Waals surface area contributed by atoms with Gasteiger partial charge < -0.3 is 19.1 Å². The number of piperidine rings is 2. The molecule has 1 aromatic heterocycles. The van der Waals surface area contributed by atoms with Gasteiger partial charge in [0.25, 0.3) is 5.91 Å². The number of hydrogen-bond donors (Lipinski definition) is 0. The monoisotopic (exact) mass is 383 g/mol. The van der Waals surface area contributed by atoms with Crippen molar-refractivity contribution < 1.29 is 14.3 Å². The minimum absolute atomic E-state index is 0.0140. The number of carbonyl (C=O) groups excluding carboxylic acids is 2. The molecule has 2 saturated heterocycles. The highest BCUT2D eigenvalue weighted by Crippen LogP contribution is 2.39. The Bertz CT molecular complexity index is 890. The normalized spacial score (nSPS) is 23.0. The molecular formula is C22H29N3O3. The topological polar surface area (TPSA) is 54.8 Å². The highest BCUT2D eigenvalue weighted by Gasteiger charge is 2.42. The predicted octanol–water partition coefficient (Wildman–Crippen LogP) is 2.67. The Morgan fingerprint density at radius 1 is 1.21 bits per heavy atom.